The quantitative estimate of drug-likeness (QED) is 0.377. The van der Waals surface area contributed by atoms with Crippen molar-refractivity contribution in [2.75, 3.05) is 0 Å². The number of ether oxygens (including phenoxy) is 1. The highest BCUT2D eigenvalue weighted by molar-refractivity contribution is 5.85. The number of epoxide rings is 1. The monoisotopic (exact) mass is 456 g/mol. The standard InChI is InChI=1S/C30H48O3/c1-18(17-22(31)25-27(4,5)33-25)19-11-15-30(8)21-9-10-23-26(2,3)24(32)13-14-28(23,6)20(21)12-16-29(19,30)7/h9,18-20,22-23,25,31H,10-17H2,1-8H3/t18-,19+,20-,22+,23-,25-,28+,29-,30+/m0/s1. The van der Waals surface area contributed by atoms with Crippen molar-refractivity contribution in [3.05, 3.63) is 11.6 Å². The van der Waals surface area contributed by atoms with Crippen LogP contribution in [0.25, 0.3) is 0 Å². The number of carbonyl (C=O) groups is 1. The van der Waals surface area contributed by atoms with E-state index in [1.54, 1.807) is 5.57 Å². The molecule has 1 heterocycles. The molecule has 4 aliphatic carbocycles. The fourth-order valence-electron chi connectivity index (χ4n) is 9.97. The van der Waals surface area contributed by atoms with E-state index in [2.05, 4.69) is 61.5 Å². The fraction of sp³-hybridized carbons (Fsp3) is 0.900. The van der Waals surface area contributed by atoms with Gasteiger partial charge in [0.25, 0.3) is 0 Å². The van der Waals surface area contributed by atoms with Gasteiger partial charge in [0, 0.05) is 11.8 Å². The maximum atomic E-state index is 12.8. The molecule has 33 heavy (non-hydrogen) atoms. The summed E-state index contributed by atoms with van der Waals surface area (Å²) in [5.41, 5.74) is 2.17. The Balaban J connectivity index is 1.41. The van der Waals surface area contributed by atoms with Crippen molar-refractivity contribution in [2.45, 2.75) is 125 Å². The molecule has 186 valence electrons. The molecule has 1 saturated heterocycles. The first-order valence-electron chi connectivity index (χ1n) is 13.8. The summed E-state index contributed by atoms with van der Waals surface area (Å²) < 4.78 is 5.75. The lowest BCUT2D eigenvalue weighted by molar-refractivity contribution is -0.146. The normalized spacial score (nSPS) is 49.4. The van der Waals surface area contributed by atoms with Crippen LogP contribution in [0.1, 0.15) is 107 Å². The van der Waals surface area contributed by atoms with Crippen LogP contribution in [0, 0.1) is 45.3 Å². The average Bonchev–Trinajstić information content (AvgIpc) is 3.26. The number of aliphatic hydroxyl groups is 1. The summed E-state index contributed by atoms with van der Waals surface area (Å²) in [6.45, 7) is 18.7. The number of carbonyl (C=O) groups excluding carboxylic acids is 1. The number of hydrogen-bond donors (Lipinski definition) is 1. The molecule has 0 aromatic heterocycles. The Hall–Kier alpha value is -0.670. The average molecular weight is 457 g/mol. The predicted molar refractivity (Wildman–Crippen MR) is 133 cm³/mol. The van der Waals surface area contributed by atoms with Crippen LogP contribution in [-0.2, 0) is 9.53 Å². The first kappa shape index (κ1) is 24.0. The third-order valence-corrected chi connectivity index (χ3v) is 12.4. The summed E-state index contributed by atoms with van der Waals surface area (Å²) >= 11 is 0. The Kier molecular flexibility index (Phi) is 5.24. The summed E-state index contributed by atoms with van der Waals surface area (Å²) in [5, 5.41) is 10.9. The summed E-state index contributed by atoms with van der Waals surface area (Å²) in [6.07, 6.45) is 11.1. The highest BCUT2D eigenvalue weighted by Gasteiger charge is 2.65. The first-order chi connectivity index (χ1) is 15.2. The summed E-state index contributed by atoms with van der Waals surface area (Å²) in [7, 11) is 0. The van der Waals surface area contributed by atoms with E-state index in [0.29, 0.717) is 29.5 Å². The smallest absolute Gasteiger partial charge is 0.138 e. The van der Waals surface area contributed by atoms with Crippen LogP contribution < -0.4 is 0 Å². The fourth-order valence-corrected chi connectivity index (χ4v) is 9.97. The summed E-state index contributed by atoms with van der Waals surface area (Å²) in [5.74, 6) is 2.73. The highest BCUT2D eigenvalue weighted by Crippen LogP contribution is 2.73. The Bertz CT molecular complexity index is 870. The molecule has 0 amide bonds. The number of ketones is 1. The lowest BCUT2D eigenvalue weighted by atomic mass is 9.41. The van der Waals surface area contributed by atoms with Gasteiger partial charge in [-0.2, -0.15) is 0 Å². The Morgan fingerprint density at radius 1 is 1.06 bits per heavy atom. The molecule has 4 fully saturated rings. The third-order valence-electron chi connectivity index (χ3n) is 12.4. The molecule has 0 radical (unpaired) electrons. The number of Topliss-reactive ketones (excluding diaryl/α,β-unsaturated/α-hetero) is 1. The van der Waals surface area contributed by atoms with Crippen LogP contribution in [0.5, 0.6) is 0 Å². The van der Waals surface area contributed by atoms with Crippen LogP contribution in [0.15, 0.2) is 11.6 Å². The van der Waals surface area contributed by atoms with Crippen molar-refractivity contribution in [1.29, 1.82) is 0 Å². The molecule has 0 aromatic rings. The van der Waals surface area contributed by atoms with Gasteiger partial charge in [-0.05, 0) is 98.7 Å². The van der Waals surface area contributed by atoms with Gasteiger partial charge in [0.15, 0.2) is 0 Å². The summed E-state index contributed by atoms with van der Waals surface area (Å²) in [4.78, 5) is 12.8. The van der Waals surface area contributed by atoms with E-state index in [-0.39, 0.29) is 39.5 Å². The van der Waals surface area contributed by atoms with Crippen LogP contribution in [0.2, 0.25) is 0 Å². The molecule has 9 atom stereocenters. The highest BCUT2D eigenvalue weighted by atomic mass is 16.6. The first-order valence-corrected chi connectivity index (χ1v) is 13.8. The van der Waals surface area contributed by atoms with Gasteiger partial charge < -0.3 is 9.84 Å². The lowest BCUT2D eigenvalue weighted by Crippen LogP contribution is -2.57. The van der Waals surface area contributed by atoms with E-state index in [0.717, 1.165) is 25.7 Å². The van der Waals surface area contributed by atoms with Crippen molar-refractivity contribution in [2.24, 2.45) is 45.3 Å². The second-order valence-corrected chi connectivity index (χ2v) is 14.5. The Morgan fingerprint density at radius 3 is 2.36 bits per heavy atom. The zero-order chi connectivity index (χ0) is 24.2. The molecular weight excluding hydrogens is 408 g/mol. The van der Waals surface area contributed by atoms with E-state index in [1.807, 2.05) is 0 Å². The third kappa shape index (κ3) is 3.16. The van der Waals surface area contributed by atoms with E-state index in [1.165, 1.54) is 25.7 Å². The van der Waals surface area contributed by atoms with Crippen LogP contribution >= 0.6 is 0 Å². The van der Waals surface area contributed by atoms with E-state index < -0.39 is 0 Å². The van der Waals surface area contributed by atoms with Gasteiger partial charge in [0.05, 0.1) is 11.7 Å². The van der Waals surface area contributed by atoms with E-state index in [9.17, 15) is 9.90 Å². The molecule has 0 bridgehead atoms. The van der Waals surface area contributed by atoms with Gasteiger partial charge in [0.2, 0.25) is 0 Å². The molecule has 3 nitrogen and oxygen atoms in total. The van der Waals surface area contributed by atoms with Gasteiger partial charge in [-0.1, -0.05) is 53.2 Å². The molecule has 0 aromatic carbocycles. The molecule has 1 aliphatic heterocycles. The second-order valence-electron chi connectivity index (χ2n) is 14.5. The van der Waals surface area contributed by atoms with Crippen molar-refractivity contribution >= 4 is 5.78 Å². The number of allylic oxidation sites excluding steroid dienone is 2. The minimum atomic E-state index is -0.350. The maximum absolute atomic E-state index is 12.8. The summed E-state index contributed by atoms with van der Waals surface area (Å²) in [6, 6.07) is 0. The molecular formula is C30H48O3. The van der Waals surface area contributed by atoms with Gasteiger partial charge in [-0.15, -0.1) is 0 Å². The minimum Gasteiger partial charge on any atom is -0.390 e. The van der Waals surface area contributed by atoms with Crippen molar-refractivity contribution in [1.82, 2.24) is 0 Å². The Morgan fingerprint density at radius 2 is 1.73 bits per heavy atom. The van der Waals surface area contributed by atoms with Gasteiger partial charge in [-0.25, -0.2) is 0 Å². The SMILES string of the molecule is C[C@@H](C[C@@H](O)[C@@H]1OC1(C)C)[C@H]1CC[C@]2(C)C3=CC[C@H]4C(C)(C)C(=O)CC[C@]4(C)[C@H]3CC[C@@]12C. The zero-order valence-corrected chi connectivity index (χ0v) is 22.5. The van der Waals surface area contributed by atoms with Crippen molar-refractivity contribution in [3.63, 3.8) is 0 Å². The zero-order valence-electron chi connectivity index (χ0n) is 22.5. The van der Waals surface area contributed by atoms with Gasteiger partial charge >= 0.3 is 0 Å². The minimum absolute atomic E-state index is 0.00609. The maximum Gasteiger partial charge on any atom is 0.138 e. The van der Waals surface area contributed by atoms with E-state index >= 15 is 0 Å². The van der Waals surface area contributed by atoms with Crippen molar-refractivity contribution in [3.8, 4) is 0 Å². The van der Waals surface area contributed by atoms with E-state index in [4.69, 9.17) is 4.74 Å². The molecule has 0 spiro atoms. The largest absolute Gasteiger partial charge is 0.390 e. The van der Waals surface area contributed by atoms with Gasteiger partial charge in [0.1, 0.15) is 11.9 Å². The molecule has 3 saturated carbocycles. The van der Waals surface area contributed by atoms with Crippen LogP contribution in [0.3, 0.4) is 0 Å². The number of hydrogen-bond acceptors (Lipinski definition) is 3. The Labute approximate surface area is 202 Å². The van der Waals surface area contributed by atoms with Gasteiger partial charge in [-0.3, -0.25) is 4.79 Å². The molecule has 3 heteroatoms. The number of fused-ring (bicyclic) bond motifs is 5. The lowest BCUT2D eigenvalue weighted by Gasteiger charge is -2.63. The topological polar surface area (TPSA) is 49.8 Å². The number of rotatable bonds is 4. The molecule has 1 N–H and O–H groups in total. The van der Waals surface area contributed by atoms with Crippen molar-refractivity contribution < 1.29 is 14.6 Å². The predicted octanol–water partition coefficient (Wildman–Crippen LogP) is 6.73. The second kappa shape index (κ2) is 7.19. The molecule has 5 aliphatic rings. The number of aliphatic hydroxyl groups excluding tert-OH is 1. The molecule has 0 unspecified atom stereocenters. The van der Waals surface area contributed by atoms with Crippen LogP contribution in [-0.4, -0.2) is 28.7 Å². The molecule has 5 rings (SSSR count). The van der Waals surface area contributed by atoms with Crippen LogP contribution in [0.4, 0.5) is 0 Å².